The predicted molar refractivity (Wildman–Crippen MR) is 145 cm³/mol. The summed E-state index contributed by atoms with van der Waals surface area (Å²) in [6.45, 7) is 0.475. The van der Waals surface area contributed by atoms with E-state index < -0.39 is 23.6 Å². The second-order valence-electron chi connectivity index (χ2n) is 10.0. The number of hydrogen-bond donors (Lipinski definition) is 3. The van der Waals surface area contributed by atoms with Crippen LogP contribution < -0.4 is 16.0 Å². The highest BCUT2D eigenvalue weighted by Gasteiger charge is 2.49. The second kappa shape index (κ2) is 9.74. The van der Waals surface area contributed by atoms with Crippen molar-refractivity contribution in [1.82, 2.24) is 10.2 Å². The van der Waals surface area contributed by atoms with Crippen LogP contribution in [-0.4, -0.2) is 47.8 Å². The predicted octanol–water partition coefficient (Wildman–Crippen LogP) is 3.87. The minimum Gasteiger partial charge on any atom is -0.436 e. The highest BCUT2D eigenvalue weighted by Crippen LogP contribution is 2.44. The Morgan fingerprint density at radius 3 is 2.67 bits per heavy atom. The van der Waals surface area contributed by atoms with Crippen LogP contribution in [0.2, 0.25) is 5.02 Å². The van der Waals surface area contributed by atoms with Crippen molar-refractivity contribution in [2.24, 2.45) is 0 Å². The molecule has 3 aliphatic heterocycles. The molecule has 39 heavy (non-hydrogen) atoms. The van der Waals surface area contributed by atoms with Crippen molar-refractivity contribution in [3.05, 3.63) is 94.0 Å². The summed E-state index contributed by atoms with van der Waals surface area (Å²) in [5.41, 5.74) is 2.94. The highest BCUT2D eigenvalue weighted by molar-refractivity contribution is 6.30. The summed E-state index contributed by atoms with van der Waals surface area (Å²) < 4.78 is 5.77. The quantitative estimate of drug-likeness (QED) is 0.451. The number of anilines is 2. The van der Waals surface area contributed by atoms with Crippen LogP contribution in [0.1, 0.15) is 33.5 Å². The van der Waals surface area contributed by atoms with Gasteiger partial charge in [0.15, 0.2) is 5.60 Å². The smallest absolute Gasteiger partial charge is 0.412 e. The number of carbonyl (C=O) groups is 4. The van der Waals surface area contributed by atoms with Crippen molar-refractivity contribution in [2.75, 3.05) is 23.7 Å². The molecule has 9 nitrogen and oxygen atoms in total. The number of carbonyl (C=O) groups excluding carboxylic acids is 4. The topological polar surface area (TPSA) is 117 Å². The van der Waals surface area contributed by atoms with E-state index in [1.54, 1.807) is 41.3 Å². The lowest BCUT2D eigenvalue weighted by Gasteiger charge is -2.35. The van der Waals surface area contributed by atoms with Crippen LogP contribution in [0.15, 0.2) is 66.7 Å². The van der Waals surface area contributed by atoms with Crippen LogP contribution in [0.5, 0.6) is 0 Å². The number of ether oxygens (including phenoxy) is 1. The molecule has 0 bridgehead atoms. The molecule has 198 valence electrons. The fourth-order valence-electron chi connectivity index (χ4n) is 5.51. The third kappa shape index (κ3) is 4.81. The lowest BCUT2D eigenvalue weighted by molar-refractivity contribution is -0.133. The number of fused-ring (bicyclic) bond motifs is 3. The Balaban J connectivity index is 1.26. The molecule has 10 heteroatoms. The van der Waals surface area contributed by atoms with Gasteiger partial charge in [-0.3, -0.25) is 19.7 Å². The average molecular weight is 545 g/mol. The summed E-state index contributed by atoms with van der Waals surface area (Å²) in [5, 5.41) is 8.85. The van der Waals surface area contributed by atoms with E-state index in [1.165, 1.54) is 0 Å². The van der Waals surface area contributed by atoms with Gasteiger partial charge in [-0.25, -0.2) is 4.79 Å². The van der Waals surface area contributed by atoms with Gasteiger partial charge in [-0.05, 0) is 41.5 Å². The standard InChI is InChI=1S/C29H25ClN4O5/c30-20-8-9-22-21(15-20)29(39-28(38)33-22)10-11-34(16-29)27(37)24(12-17-4-2-1-3-5-17)32-26(36)19-7-6-18-14-25(35)31-23(18)13-19/h1-9,13,15,24H,10-12,14,16H2,(H,31,35)(H,32,36)(H,33,38)/t24-,29?/m0/s1. The molecular weight excluding hydrogens is 520 g/mol. The van der Waals surface area contributed by atoms with Crippen LogP contribution >= 0.6 is 11.6 Å². The maximum Gasteiger partial charge on any atom is 0.412 e. The Kier molecular flexibility index (Phi) is 6.23. The minimum absolute atomic E-state index is 0.121. The summed E-state index contributed by atoms with van der Waals surface area (Å²) in [6.07, 6.45) is 0.366. The minimum atomic E-state index is -1.03. The van der Waals surface area contributed by atoms with Gasteiger partial charge in [-0.2, -0.15) is 0 Å². The molecule has 0 aliphatic carbocycles. The maximum atomic E-state index is 13.9. The average Bonchev–Trinajstić information content (AvgIpc) is 3.51. The summed E-state index contributed by atoms with van der Waals surface area (Å²) in [4.78, 5) is 52.9. The van der Waals surface area contributed by atoms with E-state index in [9.17, 15) is 19.2 Å². The number of likely N-dealkylation sites (tertiary alicyclic amines) is 1. The largest absolute Gasteiger partial charge is 0.436 e. The molecule has 4 amide bonds. The maximum absolute atomic E-state index is 13.9. The van der Waals surface area contributed by atoms with Gasteiger partial charge in [0.1, 0.15) is 6.04 Å². The molecule has 6 rings (SSSR count). The van der Waals surface area contributed by atoms with Gasteiger partial charge in [0.25, 0.3) is 5.91 Å². The summed E-state index contributed by atoms with van der Waals surface area (Å²) in [6, 6.07) is 18.8. The molecule has 0 aromatic heterocycles. The summed E-state index contributed by atoms with van der Waals surface area (Å²) in [7, 11) is 0. The van der Waals surface area contributed by atoms with Crippen molar-refractivity contribution < 1.29 is 23.9 Å². The molecule has 3 aliphatic rings. The van der Waals surface area contributed by atoms with Gasteiger partial charge in [0.05, 0.1) is 18.7 Å². The molecule has 3 aromatic rings. The zero-order valence-corrected chi connectivity index (χ0v) is 21.6. The van der Waals surface area contributed by atoms with E-state index in [2.05, 4.69) is 16.0 Å². The van der Waals surface area contributed by atoms with Crippen molar-refractivity contribution in [1.29, 1.82) is 0 Å². The molecule has 3 N–H and O–H groups in total. The van der Waals surface area contributed by atoms with Crippen molar-refractivity contribution in [2.45, 2.75) is 30.9 Å². The van der Waals surface area contributed by atoms with Crippen LogP contribution in [0, 0.1) is 0 Å². The molecule has 1 saturated heterocycles. The molecule has 3 heterocycles. The summed E-state index contributed by atoms with van der Waals surface area (Å²) >= 11 is 6.25. The Morgan fingerprint density at radius 1 is 1.03 bits per heavy atom. The first-order valence-electron chi connectivity index (χ1n) is 12.7. The first-order chi connectivity index (χ1) is 18.8. The van der Waals surface area contributed by atoms with Gasteiger partial charge in [0, 0.05) is 41.2 Å². The fourth-order valence-corrected chi connectivity index (χ4v) is 5.68. The van der Waals surface area contributed by atoms with E-state index in [4.69, 9.17) is 16.3 Å². The molecular formula is C29H25ClN4O5. The van der Waals surface area contributed by atoms with Gasteiger partial charge < -0.3 is 20.3 Å². The van der Waals surface area contributed by atoms with Gasteiger partial charge in [-0.15, -0.1) is 0 Å². The zero-order chi connectivity index (χ0) is 27.1. The monoisotopic (exact) mass is 544 g/mol. The molecule has 0 saturated carbocycles. The summed E-state index contributed by atoms with van der Waals surface area (Å²) in [5.74, 6) is -0.826. The van der Waals surface area contributed by atoms with Crippen LogP contribution in [-0.2, 0) is 32.8 Å². The van der Waals surface area contributed by atoms with Crippen LogP contribution in [0.3, 0.4) is 0 Å². The lowest BCUT2D eigenvalue weighted by Crippen LogP contribution is -2.50. The van der Waals surface area contributed by atoms with E-state index in [1.807, 2.05) is 30.3 Å². The number of rotatable bonds is 5. The first kappa shape index (κ1) is 24.9. The van der Waals surface area contributed by atoms with Crippen molar-refractivity contribution >= 4 is 46.8 Å². The molecule has 1 unspecified atom stereocenters. The Labute approximate surface area is 229 Å². The Bertz CT molecular complexity index is 1510. The van der Waals surface area contributed by atoms with E-state index in [-0.39, 0.29) is 31.2 Å². The van der Waals surface area contributed by atoms with Crippen molar-refractivity contribution in [3.63, 3.8) is 0 Å². The Hall–Kier alpha value is -4.37. The number of hydrogen-bond acceptors (Lipinski definition) is 5. The van der Waals surface area contributed by atoms with Crippen LogP contribution in [0.4, 0.5) is 16.2 Å². The van der Waals surface area contributed by atoms with E-state index in [0.29, 0.717) is 40.5 Å². The highest BCUT2D eigenvalue weighted by atomic mass is 35.5. The second-order valence-corrected chi connectivity index (χ2v) is 10.5. The molecule has 1 spiro atoms. The van der Waals surface area contributed by atoms with Gasteiger partial charge in [-0.1, -0.05) is 48.0 Å². The number of nitrogens with zero attached hydrogens (tertiary/aromatic N) is 1. The normalized spacial score (nSPS) is 20.0. The lowest BCUT2D eigenvalue weighted by atomic mass is 9.90. The first-order valence-corrected chi connectivity index (χ1v) is 13.0. The molecule has 0 radical (unpaired) electrons. The Morgan fingerprint density at radius 2 is 1.85 bits per heavy atom. The number of benzene rings is 3. The zero-order valence-electron chi connectivity index (χ0n) is 20.8. The van der Waals surface area contributed by atoms with Crippen LogP contribution in [0.25, 0.3) is 0 Å². The third-order valence-electron chi connectivity index (χ3n) is 7.42. The molecule has 1 fully saturated rings. The van der Waals surface area contributed by atoms with Gasteiger partial charge >= 0.3 is 6.09 Å². The van der Waals surface area contributed by atoms with E-state index >= 15 is 0 Å². The molecule has 2 atom stereocenters. The van der Waals surface area contributed by atoms with Crippen molar-refractivity contribution in [3.8, 4) is 0 Å². The number of halogens is 1. The third-order valence-corrected chi connectivity index (χ3v) is 7.66. The SMILES string of the molecule is O=C1Cc2ccc(C(=O)N[C@@H](Cc3ccccc3)C(=O)N3CCC4(C3)OC(=O)Nc3ccc(Cl)cc34)cc2N1. The fraction of sp³-hybridized carbons (Fsp3) is 0.241. The number of amides is 4. The number of nitrogens with one attached hydrogen (secondary N) is 3. The van der Waals surface area contributed by atoms with Gasteiger partial charge in [0.2, 0.25) is 11.8 Å². The van der Waals surface area contributed by atoms with E-state index in [0.717, 1.165) is 11.1 Å². The molecule has 3 aromatic carbocycles.